The molecule has 1 N–H and O–H groups in total. The Labute approximate surface area is 125 Å². The average molecular weight is 339 g/mol. The fourth-order valence-electron chi connectivity index (χ4n) is 1.73. The number of nitrogens with one attached hydrogen (secondary N) is 1. The third-order valence-corrected chi connectivity index (χ3v) is 3.71. The van der Waals surface area contributed by atoms with Crippen LogP contribution in [-0.4, -0.2) is 5.91 Å². The third-order valence-electron chi connectivity index (χ3n) is 2.71. The first kappa shape index (κ1) is 14.1. The first-order valence-corrected chi connectivity index (χ1v) is 7.15. The van der Waals surface area contributed by atoms with Gasteiger partial charge >= 0.3 is 0 Å². The van der Waals surface area contributed by atoms with E-state index >= 15 is 0 Å². The molecule has 0 bridgehead atoms. The normalized spacial score (nSPS) is 10.3. The van der Waals surface area contributed by atoms with Gasteiger partial charge in [0.25, 0.3) is 5.91 Å². The number of alkyl halides is 1. The summed E-state index contributed by atoms with van der Waals surface area (Å²) in [5.41, 5.74) is 3.39. The molecule has 0 radical (unpaired) electrons. The van der Waals surface area contributed by atoms with Crippen LogP contribution in [0.2, 0.25) is 0 Å². The predicted octanol–water partition coefficient (Wildman–Crippen LogP) is 4.75. The Balaban J connectivity index is 2.22. The van der Waals surface area contributed by atoms with Gasteiger partial charge in [0.2, 0.25) is 0 Å². The molecule has 0 unspecified atom stereocenters. The molecule has 1 amide bonds. The van der Waals surface area contributed by atoms with Crippen molar-refractivity contribution in [3.8, 4) is 0 Å². The third kappa shape index (κ3) is 3.58. The topological polar surface area (TPSA) is 29.1 Å². The van der Waals surface area contributed by atoms with Crippen molar-refractivity contribution in [2.45, 2.75) is 12.8 Å². The zero-order valence-corrected chi connectivity index (χ0v) is 12.8. The number of carbonyl (C=O) groups is 1. The molecule has 0 saturated heterocycles. The highest BCUT2D eigenvalue weighted by Crippen LogP contribution is 2.24. The van der Waals surface area contributed by atoms with Crippen LogP contribution in [-0.2, 0) is 5.88 Å². The van der Waals surface area contributed by atoms with E-state index in [1.54, 1.807) is 12.1 Å². The van der Waals surface area contributed by atoms with Crippen molar-refractivity contribution in [1.29, 1.82) is 0 Å². The van der Waals surface area contributed by atoms with E-state index in [0.29, 0.717) is 11.4 Å². The van der Waals surface area contributed by atoms with Crippen molar-refractivity contribution >= 4 is 39.1 Å². The van der Waals surface area contributed by atoms with Gasteiger partial charge in [-0.05, 0) is 58.2 Å². The maximum Gasteiger partial charge on any atom is 0.255 e. The van der Waals surface area contributed by atoms with E-state index in [9.17, 15) is 4.79 Å². The summed E-state index contributed by atoms with van der Waals surface area (Å²) in [6, 6.07) is 13.1. The Hall–Kier alpha value is -1.32. The number of amides is 1. The van der Waals surface area contributed by atoms with Gasteiger partial charge in [-0.15, -0.1) is 11.6 Å². The number of anilines is 1. The molecule has 0 atom stereocenters. The van der Waals surface area contributed by atoms with Crippen molar-refractivity contribution in [1.82, 2.24) is 0 Å². The van der Waals surface area contributed by atoms with Crippen LogP contribution in [0.5, 0.6) is 0 Å². The molecule has 0 aliphatic rings. The minimum Gasteiger partial charge on any atom is -0.321 e. The summed E-state index contributed by atoms with van der Waals surface area (Å²) in [4.78, 5) is 12.2. The molecule has 0 aromatic heterocycles. The Morgan fingerprint density at radius 3 is 2.79 bits per heavy atom. The van der Waals surface area contributed by atoms with E-state index in [0.717, 1.165) is 21.3 Å². The van der Waals surface area contributed by atoms with Crippen molar-refractivity contribution in [2.24, 2.45) is 0 Å². The summed E-state index contributed by atoms with van der Waals surface area (Å²) in [5.74, 6) is 0.258. The van der Waals surface area contributed by atoms with Crippen molar-refractivity contribution in [3.05, 3.63) is 63.6 Å². The number of halogens is 2. The van der Waals surface area contributed by atoms with E-state index in [4.69, 9.17) is 11.6 Å². The number of carbonyl (C=O) groups excluding carboxylic acids is 1. The lowest BCUT2D eigenvalue weighted by molar-refractivity contribution is 0.102. The standard InChI is InChI=1S/C15H13BrClNO/c1-10-5-6-13(16)14(7-10)18-15(19)12-4-2-3-11(8-12)9-17/h2-8H,9H2,1H3,(H,18,19). The second kappa shape index (κ2) is 6.22. The number of aryl methyl sites for hydroxylation is 1. The van der Waals surface area contributed by atoms with Crippen LogP contribution in [0.1, 0.15) is 21.5 Å². The molecule has 0 aliphatic carbocycles. The molecule has 0 heterocycles. The predicted molar refractivity (Wildman–Crippen MR) is 82.8 cm³/mol. The summed E-state index contributed by atoms with van der Waals surface area (Å²) in [6.07, 6.45) is 0. The molecule has 4 heteroatoms. The van der Waals surface area contributed by atoms with Gasteiger partial charge in [0.1, 0.15) is 0 Å². The number of hydrogen-bond acceptors (Lipinski definition) is 1. The highest BCUT2D eigenvalue weighted by atomic mass is 79.9. The van der Waals surface area contributed by atoms with E-state index in [1.165, 1.54) is 0 Å². The van der Waals surface area contributed by atoms with Gasteiger partial charge in [0, 0.05) is 15.9 Å². The lowest BCUT2D eigenvalue weighted by atomic mass is 10.1. The summed E-state index contributed by atoms with van der Waals surface area (Å²) < 4.78 is 0.861. The minimum absolute atomic E-state index is 0.140. The van der Waals surface area contributed by atoms with Gasteiger partial charge in [-0.25, -0.2) is 0 Å². The largest absolute Gasteiger partial charge is 0.321 e. The van der Waals surface area contributed by atoms with Gasteiger partial charge in [0.05, 0.1) is 5.69 Å². The highest BCUT2D eigenvalue weighted by Gasteiger charge is 2.08. The lowest BCUT2D eigenvalue weighted by Crippen LogP contribution is -2.12. The van der Waals surface area contributed by atoms with Crippen LogP contribution >= 0.6 is 27.5 Å². The van der Waals surface area contributed by atoms with E-state index in [1.807, 2.05) is 37.3 Å². The molecule has 2 rings (SSSR count). The van der Waals surface area contributed by atoms with Gasteiger partial charge in [-0.3, -0.25) is 4.79 Å². The number of rotatable bonds is 3. The lowest BCUT2D eigenvalue weighted by Gasteiger charge is -2.09. The van der Waals surface area contributed by atoms with Crippen molar-refractivity contribution in [3.63, 3.8) is 0 Å². The van der Waals surface area contributed by atoms with Crippen LogP contribution in [0, 0.1) is 6.92 Å². The fraction of sp³-hybridized carbons (Fsp3) is 0.133. The molecule has 98 valence electrons. The average Bonchev–Trinajstić information content (AvgIpc) is 2.43. The Kier molecular flexibility index (Phi) is 4.61. The summed E-state index contributed by atoms with van der Waals surface area (Å²) >= 11 is 9.19. The molecule has 2 aromatic rings. The quantitative estimate of drug-likeness (QED) is 0.804. The smallest absolute Gasteiger partial charge is 0.255 e. The SMILES string of the molecule is Cc1ccc(Br)c(NC(=O)c2cccc(CCl)c2)c1. The van der Waals surface area contributed by atoms with Crippen LogP contribution in [0.15, 0.2) is 46.9 Å². The monoisotopic (exact) mass is 337 g/mol. The molecule has 0 aliphatic heterocycles. The molecule has 0 saturated carbocycles. The first-order valence-electron chi connectivity index (χ1n) is 5.82. The van der Waals surface area contributed by atoms with Crippen LogP contribution in [0.3, 0.4) is 0 Å². The maximum absolute atomic E-state index is 12.2. The molecule has 0 spiro atoms. The molecule has 2 aromatic carbocycles. The summed E-state index contributed by atoms with van der Waals surface area (Å²) in [6.45, 7) is 1.98. The van der Waals surface area contributed by atoms with Crippen molar-refractivity contribution in [2.75, 3.05) is 5.32 Å². The second-order valence-corrected chi connectivity index (χ2v) is 5.39. The minimum atomic E-state index is -0.140. The van der Waals surface area contributed by atoms with Gasteiger partial charge in [0.15, 0.2) is 0 Å². The van der Waals surface area contributed by atoms with Crippen LogP contribution in [0.4, 0.5) is 5.69 Å². The van der Waals surface area contributed by atoms with Crippen molar-refractivity contribution < 1.29 is 4.79 Å². The second-order valence-electron chi connectivity index (χ2n) is 4.27. The van der Waals surface area contributed by atoms with Crippen LogP contribution < -0.4 is 5.32 Å². The first-order chi connectivity index (χ1) is 9.10. The highest BCUT2D eigenvalue weighted by molar-refractivity contribution is 9.10. The zero-order valence-electron chi connectivity index (χ0n) is 10.4. The Morgan fingerprint density at radius 2 is 2.05 bits per heavy atom. The molecule has 0 fully saturated rings. The Bertz CT molecular complexity index is 613. The van der Waals surface area contributed by atoms with E-state index in [2.05, 4.69) is 21.2 Å². The number of hydrogen-bond donors (Lipinski definition) is 1. The van der Waals surface area contributed by atoms with Crippen LogP contribution in [0.25, 0.3) is 0 Å². The van der Waals surface area contributed by atoms with Gasteiger partial charge in [-0.2, -0.15) is 0 Å². The number of benzene rings is 2. The maximum atomic E-state index is 12.2. The fourth-order valence-corrected chi connectivity index (χ4v) is 2.24. The van der Waals surface area contributed by atoms with Gasteiger partial charge < -0.3 is 5.32 Å². The van der Waals surface area contributed by atoms with Gasteiger partial charge in [-0.1, -0.05) is 18.2 Å². The molecular weight excluding hydrogens is 326 g/mol. The zero-order chi connectivity index (χ0) is 13.8. The van der Waals surface area contributed by atoms with E-state index in [-0.39, 0.29) is 5.91 Å². The van der Waals surface area contributed by atoms with E-state index < -0.39 is 0 Å². The molecule has 2 nitrogen and oxygen atoms in total. The summed E-state index contributed by atoms with van der Waals surface area (Å²) in [7, 11) is 0. The summed E-state index contributed by atoms with van der Waals surface area (Å²) in [5, 5.41) is 2.89. The molecular formula is C15H13BrClNO. The Morgan fingerprint density at radius 1 is 1.26 bits per heavy atom. The molecule has 19 heavy (non-hydrogen) atoms.